The van der Waals surface area contributed by atoms with Crippen LogP contribution in [0.4, 0.5) is 0 Å². The summed E-state index contributed by atoms with van der Waals surface area (Å²) in [6, 6.07) is 13.3. The first-order valence-electron chi connectivity index (χ1n) is 9.92. The highest BCUT2D eigenvalue weighted by atomic mass is 16.5. The molecule has 31 heavy (non-hydrogen) atoms. The maximum absolute atomic E-state index is 12.5. The minimum atomic E-state index is -0.499. The Morgan fingerprint density at radius 2 is 1.84 bits per heavy atom. The van der Waals surface area contributed by atoms with Crippen molar-refractivity contribution < 1.29 is 19.0 Å². The molecule has 0 spiro atoms. The molecule has 1 aromatic carbocycles. The first-order chi connectivity index (χ1) is 15.0. The van der Waals surface area contributed by atoms with Crippen molar-refractivity contribution in [2.24, 2.45) is 0 Å². The smallest absolute Gasteiger partial charge is 0.345 e. The number of aromatic nitrogens is 3. The standard InChI is InChI=1S/C23H24N4O4/c1-5-29-23(28)20-17(4)26-27(18-9-7-6-8-10-18)22(20)31-12-11-30-21-19(14-24)15(2)13-16(3)25-21/h6-10,13H,5,11-12H2,1-4H3. The molecule has 8 nitrogen and oxygen atoms in total. The first-order valence-corrected chi connectivity index (χ1v) is 9.92. The number of carbonyl (C=O) groups excluding carboxylic acids is 1. The number of hydrogen-bond donors (Lipinski definition) is 0. The Labute approximate surface area is 181 Å². The Balaban J connectivity index is 1.82. The molecule has 0 saturated carbocycles. The molecule has 0 aliphatic carbocycles. The van der Waals surface area contributed by atoms with E-state index >= 15 is 0 Å². The fraction of sp³-hybridized carbons (Fsp3) is 0.304. The third-order valence-corrected chi connectivity index (χ3v) is 4.48. The molecule has 8 heteroatoms. The highest BCUT2D eigenvalue weighted by Gasteiger charge is 2.25. The molecule has 0 unspecified atom stereocenters. The molecule has 0 radical (unpaired) electrons. The van der Waals surface area contributed by atoms with E-state index in [-0.39, 0.29) is 37.1 Å². The molecule has 2 heterocycles. The number of benzene rings is 1. The molecule has 0 atom stereocenters. The normalized spacial score (nSPS) is 10.4. The maximum Gasteiger partial charge on any atom is 0.345 e. The minimum absolute atomic E-state index is 0.115. The van der Waals surface area contributed by atoms with E-state index in [4.69, 9.17) is 14.2 Å². The summed E-state index contributed by atoms with van der Waals surface area (Å²) in [5.41, 5.74) is 3.47. The minimum Gasteiger partial charge on any atom is -0.473 e. The van der Waals surface area contributed by atoms with Gasteiger partial charge in [-0.3, -0.25) is 0 Å². The molecule has 0 bridgehead atoms. The van der Waals surface area contributed by atoms with Crippen molar-refractivity contribution in [1.29, 1.82) is 5.26 Å². The van der Waals surface area contributed by atoms with Crippen LogP contribution in [0.15, 0.2) is 36.4 Å². The van der Waals surface area contributed by atoms with Crippen molar-refractivity contribution in [3.05, 3.63) is 64.5 Å². The van der Waals surface area contributed by atoms with Crippen molar-refractivity contribution >= 4 is 5.97 Å². The fourth-order valence-corrected chi connectivity index (χ4v) is 3.14. The van der Waals surface area contributed by atoms with Gasteiger partial charge in [0.1, 0.15) is 30.4 Å². The quantitative estimate of drug-likeness (QED) is 0.405. The topological polar surface area (TPSA) is 99.3 Å². The van der Waals surface area contributed by atoms with Gasteiger partial charge in [-0.1, -0.05) is 18.2 Å². The third kappa shape index (κ3) is 4.83. The summed E-state index contributed by atoms with van der Waals surface area (Å²) in [7, 11) is 0. The summed E-state index contributed by atoms with van der Waals surface area (Å²) in [4.78, 5) is 16.8. The van der Waals surface area contributed by atoms with Crippen LogP contribution in [0, 0.1) is 32.1 Å². The zero-order chi connectivity index (χ0) is 22.4. The Kier molecular flexibility index (Phi) is 6.88. The lowest BCUT2D eigenvalue weighted by Crippen LogP contribution is -2.15. The van der Waals surface area contributed by atoms with Crippen LogP contribution in [0.2, 0.25) is 0 Å². The molecule has 3 aromatic rings. The number of nitrogens with zero attached hydrogens (tertiary/aromatic N) is 4. The van der Waals surface area contributed by atoms with Crippen LogP contribution in [-0.4, -0.2) is 40.6 Å². The number of ether oxygens (including phenoxy) is 3. The predicted octanol–water partition coefficient (Wildman–Crippen LogP) is 3.70. The number of carbonyl (C=O) groups is 1. The molecule has 160 valence electrons. The Hall–Kier alpha value is -3.86. The first kappa shape index (κ1) is 21.8. The molecule has 0 fully saturated rings. The Morgan fingerprint density at radius 1 is 1.13 bits per heavy atom. The summed E-state index contributed by atoms with van der Waals surface area (Å²) in [6.07, 6.45) is 0. The monoisotopic (exact) mass is 420 g/mol. The molecule has 3 rings (SSSR count). The van der Waals surface area contributed by atoms with E-state index in [1.165, 1.54) is 0 Å². The Morgan fingerprint density at radius 3 is 2.52 bits per heavy atom. The lowest BCUT2D eigenvalue weighted by atomic mass is 10.1. The third-order valence-electron chi connectivity index (χ3n) is 4.48. The number of para-hydroxylation sites is 1. The molecular weight excluding hydrogens is 396 g/mol. The number of aryl methyl sites for hydroxylation is 3. The van der Waals surface area contributed by atoms with Gasteiger partial charge in [-0.15, -0.1) is 0 Å². The summed E-state index contributed by atoms with van der Waals surface area (Å²) in [6.45, 7) is 7.64. The molecule has 0 aliphatic heterocycles. The molecule has 0 aliphatic rings. The molecule has 0 N–H and O–H groups in total. The van der Waals surface area contributed by atoms with Gasteiger partial charge in [0.05, 0.1) is 18.0 Å². The van der Waals surface area contributed by atoms with Gasteiger partial charge in [-0.25, -0.2) is 14.5 Å². The van der Waals surface area contributed by atoms with Gasteiger partial charge in [0.25, 0.3) is 0 Å². The van der Waals surface area contributed by atoms with Gasteiger partial charge in [0.15, 0.2) is 0 Å². The molecule has 0 amide bonds. The predicted molar refractivity (Wildman–Crippen MR) is 114 cm³/mol. The van der Waals surface area contributed by atoms with Crippen LogP contribution in [0.1, 0.15) is 39.8 Å². The average Bonchev–Trinajstić information content (AvgIpc) is 3.08. The summed E-state index contributed by atoms with van der Waals surface area (Å²) in [5, 5.41) is 13.8. The zero-order valence-corrected chi connectivity index (χ0v) is 18.0. The summed E-state index contributed by atoms with van der Waals surface area (Å²) in [5.74, 6) is 0.0439. The second-order valence-electron chi connectivity index (χ2n) is 6.80. The van der Waals surface area contributed by atoms with E-state index in [1.54, 1.807) is 18.5 Å². The second kappa shape index (κ2) is 9.76. The molecule has 2 aromatic heterocycles. The maximum atomic E-state index is 12.5. The van der Waals surface area contributed by atoms with Crippen LogP contribution in [0.3, 0.4) is 0 Å². The lowest BCUT2D eigenvalue weighted by molar-refractivity contribution is 0.0519. The van der Waals surface area contributed by atoms with Gasteiger partial charge >= 0.3 is 5.97 Å². The summed E-state index contributed by atoms with van der Waals surface area (Å²) >= 11 is 0. The van der Waals surface area contributed by atoms with Crippen LogP contribution in [-0.2, 0) is 4.74 Å². The number of esters is 1. The zero-order valence-electron chi connectivity index (χ0n) is 18.0. The Bertz CT molecular complexity index is 1120. The summed E-state index contributed by atoms with van der Waals surface area (Å²) < 4.78 is 18.4. The van der Waals surface area contributed by atoms with E-state index in [9.17, 15) is 10.1 Å². The van der Waals surface area contributed by atoms with Crippen molar-refractivity contribution in [3.8, 4) is 23.5 Å². The number of rotatable bonds is 8. The lowest BCUT2D eigenvalue weighted by Gasteiger charge is -2.13. The molecule has 0 saturated heterocycles. The van der Waals surface area contributed by atoms with E-state index in [1.807, 2.05) is 50.2 Å². The average molecular weight is 420 g/mol. The van der Waals surface area contributed by atoms with Crippen molar-refractivity contribution in [2.45, 2.75) is 27.7 Å². The van der Waals surface area contributed by atoms with Gasteiger partial charge in [0.2, 0.25) is 11.8 Å². The van der Waals surface area contributed by atoms with Crippen molar-refractivity contribution in [2.75, 3.05) is 19.8 Å². The number of nitriles is 1. The van der Waals surface area contributed by atoms with E-state index in [0.29, 0.717) is 11.3 Å². The van der Waals surface area contributed by atoms with Gasteiger partial charge in [0, 0.05) is 5.69 Å². The van der Waals surface area contributed by atoms with E-state index in [0.717, 1.165) is 16.9 Å². The largest absolute Gasteiger partial charge is 0.473 e. The van der Waals surface area contributed by atoms with E-state index < -0.39 is 5.97 Å². The van der Waals surface area contributed by atoms with Crippen LogP contribution >= 0.6 is 0 Å². The van der Waals surface area contributed by atoms with E-state index in [2.05, 4.69) is 16.2 Å². The SMILES string of the molecule is CCOC(=O)c1c(C)nn(-c2ccccc2)c1OCCOc1nc(C)cc(C)c1C#N. The van der Waals surface area contributed by atoms with Crippen LogP contribution in [0.25, 0.3) is 5.69 Å². The van der Waals surface area contributed by atoms with Gasteiger partial charge in [-0.2, -0.15) is 10.4 Å². The highest BCUT2D eigenvalue weighted by molar-refractivity contribution is 5.93. The van der Waals surface area contributed by atoms with Crippen molar-refractivity contribution in [1.82, 2.24) is 14.8 Å². The second-order valence-corrected chi connectivity index (χ2v) is 6.80. The highest BCUT2D eigenvalue weighted by Crippen LogP contribution is 2.27. The van der Waals surface area contributed by atoms with Crippen LogP contribution < -0.4 is 9.47 Å². The number of pyridine rings is 1. The van der Waals surface area contributed by atoms with Gasteiger partial charge < -0.3 is 14.2 Å². The van der Waals surface area contributed by atoms with Crippen LogP contribution in [0.5, 0.6) is 11.8 Å². The fourth-order valence-electron chi connectivity index (χ4n) is 3.14. The number of hydrogen-bond acceptors (Lipinski definition) is 7. The molecular formula is C23H24N4O4. The van der Waals surface area contributed by atoms with Crippen molar-refractivity contribution in [3.63, 3.8) is 0 Å². The van der Waals surface area contributed by atoms with Gasteiger partial charge in [-0.05, 0) is 51.5 Å².